The molecule has 0 aliphatic rings. The number of esters is 2. The molecule has 0 saturated carbocycles. The van der Waals surface area contributed by atoms with E-state index in [1.54, 1.807) is 6.08 Å². The fourth-order valence-corrected chi connectivity index (χ4v) is 3.79. The third-order valence-corrected chi connectivity index (χ3v) is 5.88. The molecule has 2 aromatic heterocycles. The van der Waals surface area contributed by atoms with Crippen LogP contribution < -0.4 is 5.32 Å². The van der Waals surface area contributed by atoms with Crippen molar-refractivity contribution in [2.24, 2.45) is 5.92 Å². The van der Waals surface area contributed by atoms with E-state index in [0.717, 1.165) is 9.75 Å². The van der Waals surface area contributed by atoms with Crippen molar-refractivity contribution >= 4 is 52.2 Å². The van der Waals surface area contributed by atoms with Crippen molar-refractivity contribution in [2.45, 2.75) is 26.3 Å². The Hall–Kier alpha value is -2.45. The molecule has 150 valence electrons. The average molecular weight is 422 g/mol. The van der Waals surface area contributed by atoms with Gasteiger partial charge in [-0.3, -0.25) is 4.79 Å². The van der Waals surface area contributed by atoms with Crippen molar-refractivity contribution in [3.63, 3.8) is 0 Å². The highest BCUT2D eigenvalue weighted by Gasteiger charge is 2.27. The molecular weight excluding hydrogens is 398 g/mol. The Labute approximate surface area is 172 Å². The number of rotatable bonds is 9. The SMILES string of the molecule is CC[C@H](C)[C@H](NC(=O)COC(=O)/C(=C/c1cccs1)c1cccs1)C(=O)OC. The fourth-order valence-electron chi connectivity index (χ4n) is 2.40. The zero-order valence-corrected chi connectivity index (χ0v) is 17.6. The van der Waals surface area contributed by atoms with Crippen molar-refractivity contribution in [1.29, 1.82) is 0 Å². The molecule has 2 heterocycles. The predicted octanol–water partition coefficient (Wildman–Crippen LogP) is 3.60. The quantitative estimate of drug-likeness (QED) is 0.494. The average Bonchev–Trinajstić information content (AvgIpc) is 3.41. The molecule has 28 heavy (non-hydrogen) atoms. The monoisotopic (exact) mass is 421 g/mol. The van der Waals surface area contributed by atoms with E-state index in [1.165, 1.54) is 29.8 Å². The van der Waals surface area contributed by atoms with Gasteiger partial charge in [0.15, 0.2) is 6.61 Å². The number of methoxy groups -OCH3 is 1. The molecule has 0 radical (unpaired) electrons. The topological polar surface area (TPSA) is 81.7 Å². The summed E-state index contributed by atoms with van der Waals surface area (Å²) in [5.41, 5.74) is 0.386. The fraction of sp³-hybridized carbons (Fsp3) is 0.350. The van der Waals surface area contributed by atoms with Gasteiger partial charge in [-0.2, -0.15) is 0 Å². The molecular formula is C20H23NO5S2. The molecule has 1 N–H and O–H groups in total. The number of thiophene rings is 2. The van der Waals surface area contributed by atoms with E-state index in [4.69, 9.17) is 9.47 Å². The van der Waals surface area contributed by atoms with Gasteiger partial charge in [-0.15, -0.1) is 22.7 Å². The summed E-state index contributed by atoms with van der Waals surface area (Å²) in [4.78, 5) is 38.3. The summed E-state index contributed by atoms with van der Waals surface area (Å²) in [6, 6.07) is 6.67. The zero-order valence-electron chi connectivity index (χ0n) is 16.0. The number of amides is 1. The Morgan fingerprint density at radius 1 is 1.18 bits per heavy atom. The molecule has 0 bridgehead atoms. The van der Waals surface area contributed by atoms with E-state index in [-0.39, 0.29) is 5.92 Å². The van der Waals surface area contributed by atoms with E-state index >= 15 is 0 Å². The van der Waals surface area contributed by atoms with Crippen LogP contribution in [0, 0.1) is 5.92 Å². The van der Waals surface area contributed by atoms with E-state index in [9.17, 15) is 14.4 Å². The van der Waals surface area contributed by atoms with Crippen LogP contribution in [0.3, 0.4) is 0 Å². The van der Waals surface area contributed by atoms with Gasteiger partial charge in [0.25, 0.3) is 5.91 Å². The van der Waals surface area contributed by atoms with Crippen molar-refractivity contribution in [2.75, 3.05) is 13.7 Å². The molecule has 0 spiro atoms. The van der Waals surface area contributed by atoms with E-state index < -0.39 is 30.5 Å². The molecule has 2 rings (SSSR count). The van der Waals surface area contributed by atoms with Crippen LogP contribution in [-0.2, 0) is 23.9 Å². The highest BCUT2D eigenvalue weighted by atomic mass is 32.1. The molecule has 0 fully saturated rings. The molecule has 2 aromatic rings. The molecule has 2 atom stereocenters. The minimum Gasteiger partial charge on any atom is -0.467 e. The third-order valence-electron chi connectivity index (χ3n) is 4.16. The van der Waals surface area contributed by atoms with Crippen LogP contribution in [0.2, 0.25) is 0 Å². The standard InChI is InChI=1S/C20H23NO5S2/c1-4-13(2)18(20(24)25-3)21-17(22)12-26-19(23)15(16-8-6-10-28-16)11-14-7-5-9-27-14/h5-11,13,18H,4,12H2,1-3H3,(H,21,22)/b15-11+/t13-,18-/m0/s1. The van der Waals surface area contributed by atoms with Gasteiger partial charge in [-0.1, -0.05) is 32.4 Å². The van der Waals surface area contributed by atoms with Crippen LogP contribution in [0.15, 0.2) is 35.0 Å². The number of carbonyl (C=O) groups is 3. The Kier molecular flexibility index (Phi) is 8.41. The van der Waals surface area contributed by atoms with Crippen molar-refractivity contribution in [1.82, 2.24) is 5.32 Å². The number of nitrogens with one attached hydrogen (secondary N) is 1. The molecule has 6 nitrogen and oxygen atoms in total. The lowest BCUT2D eigenvalue weighted by Crippen LogP contribution is -2.47. The third kappa shape index (κ3) is 6.03. The maximum absolute atomic E-state index is 12.6. The number of ether oxygens (including phenoxy) is 2. The van der Waals surface area contributed by atoms with Gasteiger partial charge in [-0.05, 0) is 34.9 Å². The second-order valence-corrected chi connectivity index (χ2v) is 8.01. The van der Waals surface area contributed by atoms with Crippen molar-refractivity contribution < 1.29 is 23.9 Å². The van der Waals surface area contributed by atoms with E-state index in [2.05, 4.69) is 5.32 Å². The summed E-state index contributed by atoms with van der Waals surface area (Å²) in [5, 5.41) is 6.37. The summed E-state index contributed by atoms with van der Waals surface area (Å²) in [6.07, 6.45) is 2.43. The van der Waals surface area contributed by atoms with Gasteiger partial charge in [0, 0.05) is 9.75 Å². The Morgan fingerprint density at radius 2 is 1.89 bits per heavy atom. The van der Waals surface area contributed by atoms with Gasteiger partial charge in [0.2, 0.25) is 0 Å². The normalized spacial score (nSPS) is 13.5. The first kappa shape index (κ1) is 21.8. The van der Waals surface area contributed by atoms with Gasteiger partial charge >= 0.3 is 11.9 Å². The molecule has 0 aromatic carbocycles. The largest absolute Gasteiger partial charge is 0.467 e. The maximum atomic E-state index is 12.6. The van der Waals surface area contributed by atoms with Crippen LogP contribution in [0.25, 0.3) is 11.6 Å². The Bertz CT molecular complexity index is 812. The van der Waals surface area contributed by atoms with Crippen molar-refractivity contribution in [3.8, 4) is 0 Å². The van der Waals surface area contributed by atoms with Crippen LogP contribution in [0.5, 0.6) is 0 Å². The summed E-state index contributed by atoms with van der Waals surface area (Å²) in [6.45, 7) is 3.28. The maximum Gasteiger partial charge on any atom is 0.340 e. The minimum absolute atomic E-state index is 0.104. The van der Waals surface area contributed by atoms with Gasteiger partial charge in [-0.25, -0.2) is 9.59 Å². The molecule has 0 saturated heterocycles. The van der Waals surface area contributed by atoms with E-state index in [1.807, 2.05) is 48.9 Å². The van der Waals surface area contributed by atoms with Crippen LogP contribution in [-0.4, -0.2) is 37.6 Å². The van der Waals surface area contributed by atoms with Crippen LogP contribution in [0.4, 0.5) is 0 Å². The first-order chi connectivity index (χ1) is 13.5. The first-order valence-corrected chi connectivity index (χ1v) is 10.6. The Morgan fingerprint density at radius 3 is 2.46 bits per heavy atom. The number of hydrogen-bond donors (Lipinski definition) is 1. The second kappa shape index (κ2) is 10.8. The molecule has 1 amide bonds. The second-order valence-electron chi connectivity index (χ2n) is 6.08. The molecule has 8 heteroatoms. The van der Waals surface area contributed by atoms with Crippen molar-refractivity contribution in [3.05, 3.63) is 44.8 Å². The minimum atomic E-state index is -0.778. The zero-order chi connectivity index (χ0) is 20.5. The molecule has 0 unspecified atom stereocenters. The smallest absolute Gasteiger partial charge is 0.340 e. The lowest BCUT2D eigenvalue weighted by molar-refractivity contribution is -0.148. The predicted molar refractivity (Wildman–Crippen MR) is 111 cm³/mol. The first-order valence-electron chi connectivity index (χ1n) is 8.79. The van der Waals surface area contributed by atoms with Crippen LogP contribution in [0.1, 0.15) is 30.0 Å². The highest BCUT2D eigenvalue weighted by molar-refractivity contribution is 7.12. The van der Waals surface area contributed by atoms with E-state index in [0.29, 0.717) is 12.0 Å². The van der Waals surface area contributed by atoms with Gasteiger partial charge < -0.3 is 14.8 Å². The van der Waals surface area contributed by atoms with Crippen LogP contribution >= 0.6 is 22.7 Å². The Balaban J connectivity index is 2.04. The number of hydrogen-bond acceptors (Lipinski definition) is 7. The van der Waals surface area contributed by atoms with Gasteiger partial charge in [0.05, 0.1) is 12.7 Å². The molecule has 0 aliphatic heterocycles. The number of carbonyl (C=O) groups excluding carboxylic acids is 3. The highest BCUT2D eigenvalue weighted by Crippen LogP contribution is 2.25. The summed E-state index contributed by atoms with van der Waals surface area (Å²) in [5.74, 6) is -1.77. The lowest BCUT2D eigenvalue weighted by Gasteiger charge is -2.21. The lowest BCUT2D eigenvalue weighted by atomic mass is 9.99. The molecule has 0 aliphatic carbocycles. The summed E-state index contributed by atoms with van der Waals surface area (Å²) < 4.78 is 9.95. The van der Waals surface area contributed by atoms with Gasteiger partial charge in [0.1, 0.15) is 6.04 Å². The summed E-state index contributed by atoms with van der Waals surface area (Å²) in [7, 11) is 1.27. The summed E-state index contributed by atoms with van der Waals surface area (Å²) >= 11 is 2.91.